The molecule has 2 aromatic carbocycles. The van der Waals surface area contributed by atoms with E-state index in [1.165, 1.54) is 55.7 Å². The van der Waals surface area contributed by atoms with Crippen molar-refractivity contribution in [2.75, 3.05) is 0 Å². The van der Waals surface area contributed by atoms with E-state index in [0.717, 1.165) is 40.4 Å². The van der Waals surface area contributed by atoms with Crippen molar-refractivity contribution < 1.29 is 0 Å². The van der Waals surface area contributed by atoms with Gasteiger partial charge in [0, 0.05) is 23.5 Å². The summed E-state index contributed by atoms with van der Waals surface area (Å²) in [4.78, 5) is 4.20. The molecule has 3 heteroatoms. The van der Waals surface area contributed by atoms with Gasteiger partial charge in [-0.15, -0.1) is 5.10 Å². The molecule has 3 nitrogen and oxygen atoms in total. The summed E-state index contributed by atoms with van der Waals surface area (Å²) in [5.41, 5.74) is 5.37. The van der Waals surface area contributed by atoms with Crippen LogP contribution in [-0.2, 0) is 6.42 Å². The van der Waals surface area contributed by atoms with Crippen LogP contribution in [0.25, 0.3) is 33.2 Å². The van der Waals surface area contributed by atoms with E-state index in [4.69, 9.17) is 5.10 Å². The summed E-state index contributed by atoms with van der Waals surface area (Å²) in [6.45, 7) is 4.67. The van der Waals surface area contributed by atoms with Gasteiger partial charge in [0.25, 0.3) is 0 Å². The third kappa shape index (κ3) is 6.25. The van der Waals surface area contributed by atoms with Gasteiger partial charge in [-0.2, -0.15) is 5.10 Å². The lowest BCUT2D eigenvalue weighted by molar-refractivity contribution is 0.445. The number of aromatic nitrogens is 3. The zero-order valence-corrected chi connectivity index (χ0v) is 20.0. The Morgan fingerprint density at radius 1 is 0.727 bits per heavy atom. The Kier molecular flexibility index (Phi) is 8.19. The van der Waals surface area contributed by atoms with Crippen LogP contribution < -0.4 is 0 Å². The second-order valence-electron chi connectivity index (χ2n) is 9.24. The lowest BCUT2D eigenvalue weighted by Gasteiger charge is -2.12. The van der Waals surface area contributed by atoms with Crippen LogP contribution >= 0.6 is 0 Å². The number of benzene rings is 2. The van der Waals surface area contributed by atoms with Gasteiger partial charge in [0.2, 0.25) is 0 Å². The van der Waals surface area contributed by atoms with Crippen molar-refractivity contribution in [3.63, 3.8) is 0 Å². The van der Waals surface area contributed by atoms with Crippen molar-refractivity contribution in [3.8, 4) is 22.4 Å². The number of unbranched alkanes of at least 4 members (excludes halogenated alkanes) is 3. The highest BCUT2D eigenvalue weighted by Gasteiger charge is 2.13. The quantitative estimate of drug-likeness (QED) is 0.222. The monoisotopic (exact) mass is 437 g/mol. The molecule has 4 rings (SSSR count). The van der Waals surface area contributed by atoms with Crippen LogP contribution in [0.1, 0.15) is 64.5 Å². The normalized spacial score (nSPS) is 12.2. The van der Waals surface area contributed by atoms with Crippen molar-refractivity contribution in [2.45, 2.75) is 65.2 Å². The van der Waals surface area contributed by atoms with Gasteiger partial charge >= 0.3 is 0 Å². The maximum atomic E-state index is 4.72. The molecule has 1 atom stereocenters. The Balaban J connectivity index is 1.50. The molecule has 0 radical (unpaired) electrons. The van der Waals surface area contributed by atoms with Gasteiger partial charge in [-0.25, -0.2) is 0 Å². The summed E-state index contributed by atoms with van der Waals surface area (Å²) in [7, 11) is 0. The largest absolute Gasteiger partial charge is 0.265 e. The second-order valence-corrected chi connectivity index (χ2v) is 9.24. The van der Waals surface area contributed by atoms with Crippen LogP contribution in [0.3, 0.4) is 0 Å². The van der Waals surface area contributed by atoms with Gasteiger partial charge in [0.15, 0.2) is 0 Å². The molecule has 0 aliphatic rings. The fourth-order valence-corrected chi connectivity index (χ4v) is 4.53. The highest BCUT2D eigenvalue weighted by Crippen LogP contribution is 2.32. The van der Waals surface area contributed by atoms with E-state index in [-0.39, 0.29) is 0 Å². The number of rotatable bonds is 11. The summed E-state index contributed by atoms with van der Waals surface area (Å²) in [6, 6.07) is 21.3. The molecule has 0 saturated carbocycles. The van der Waals surface area contributed by atoms with Crippen LogP contribution in [0.2, 0.25) is 0 Å². The molecule has 4 aromatic rings. The van der Waals surface area contributed by atoms with Crippen LogP contribution in [0, 0.1) is 5.92 Å². The summed E-state index contributed by atoms with van der Waals surface area (Å²) >= 11 is 0. The number of aryl methyl sites for hydroxylation is 1. The van der Waals surface area contributed by atoms with Crippen molar-refractivity contribution >= 4 is 10.8 Å². The number of fused-ring (bicyclic) bond motifs is 1. The maximum Gasteiger partial charge on any atom is 0.101 e. The van der Waals surface area contributed by atoms with Crippen LogP contribution in [0.5, 0.6) is 0 Å². The number of pyridine rings is 1. The molecule has 1 unspecified atom stereocenters. The van der Waals surface area contributed by atoms with Crippen molar-refractivity contribution in [3.05, 3.63) is 78.8 Å². The molecular formula is C30H35N3. The molecule has 2 heterocycles. The van der Waals surface area contributed by atoms with E-state index in [2.05, 4.69) is 84.6 Å². The first kappa shape index (κ1) is 23.1. The average Bonchev–Trinajstić information content (AvgIpc) is 2.87. The Morgan fingerprint density at radius 3 is 2.33 bits per heavy atom. The van der Waals surface area contributed by atoms with Gasteiger partial charge in [0.05, 0.1) is 5.69 Å². The molecule has 0 fully saturated rings. The molecule has 0 spiro atoms. The van der Waals surface area contributed by atoms with Gasteiger partial charge in [-0.05, 0) is 59.4 Å². The van der Waals surface area contributed by atoms with E-state index >= 15 is 0 Å². The van der Waals surface area contributed by atoms with Crippen molar-refractivity contribution in [2.24, 2.45) is 5.92 Å². The van der Waals surface area contributed by atoms with Crippen LogP contribution in [0.4, 0.5) is 0 Å². The minimum Gasteiger partial charge on any atom is -0.265 e. The number of nitrogens with zero attached hydrogens (tertiary/aromatic N) is 3. The average molecular weight is 438 g/mol. The molecule has 170 valence electrons. The predicted octanol–water partition coefficient (Wildman–Crippen LogP) is 8.29. The highest BCUT2D eigenvalue weighted by atomic mass is 15.1. The minimum atomic E-state index is 0.851. The molecule has 33 heavy (non-hydrogen) atoms. The van der Waals surface area contributed by atoms with E-state index in [1.54, 1.807) is 0 Å². The number of hydrogen-bond acceptors (Lipinski definition) is 3. The molecule has 0 bridgehead atoms. The highest BCUT2D eigenvalue weighted by molar-refractivity contribution is 5.89. The van der Waals surface area contributed by atoms with Crippen molar-refractivity contribution in [1.29, 1.82) is 0 Å². The Bertz CT molecular complexity index is 1150. The second kappa shape index (κ2) is 11.7. The van der Waals surface area contributed by atoms with E-state index in [9.17, 15) is 0 Å². The van der Waals surface area contributed by atoms with Crippen LogP contribution in [0.15, 0.2) is 73.1 Å². The van der Waals surface area contributed by atoms with Crippen LogP contribution in [-0.4, -0.2) is 15.2 Å². The smallest absolute Gasteiger partial charge is 0.101 e. The molecule has 0 amide bonds. The predicted molar refractivity (Wildman–Crippen MR) is 139 cm³/mol. The van der Waals surface area contributed by atoms with E-state index in [1.807, 2.05) is 12.4 Å². The fraction of sp³-hybridized carbons (Fsp3) is 0.367. The fourth-order valence-electron chi connectivity index (χ4n) is 4.53. The Morgan fingerprint density at radius 2 is 1.52 bits per heavy atom. The summed E-state index contributed by atoms with van der Waals surface area (Å²) in [5.74, 6) is 0.851. The summed E-state index contributed by atoms with van der Waals surface area (Å²) in [5, 5.41) is 11.8. The molecule has 0 saturated heterocycles. The first-order valence-corrected chi connectivity index (χ1v) is 12.5. The minimum absolute atomic E-state index is 0.851. The summed E-state index contributed by atoms with van der Waals surface area (Å²) < 4.78 is 0. The first-order valence-electron chi connectivity index (χ1n) is 12.5. The lowest BCUT2D eigenvalue weighted by Crippen LogP contribution is -1.99. The molecular weight excluding hydrogens is 402 g/mol. The Hall–Kier alpha value is -3.07. The van der Waals surface area contributed by atoms with Gasteiger partial charge in [-0.1, -0.05) is 88.8 Å². The SMILES string of the molecule is CCCCC(C)CCCCCc1cc(-c2ccncc2)c(-c2ccc3ccccc3c2)nn1. The first-order chi connectivity index (χ1) is 16.2. The third-order valence-corrected chi connectivity index (χ3v) is 6.54. The Labute approximate surface area is 198 Å². The summed E-state index contributed by atoms with van der Waals surface area (Å²) in [6.07, 6.45) is 13.8. The third-order valence-electron chi connectivity index (χ3n) is 6.54. The molecule has 0 N–H and O–H groups in total. The standard InChI is InChI=1S/C30H35N3/c1-3-4-10-23(2)11-6-5-7-14-28-22-29(25-17-19-31-20-18-25)30(33-32-28)27-16-15-24-12-8-9-13-26(24)21-27/h8-9,12-13,15-23H,3-7,10-11,14H2,1-2H3. The lowest BCUT2D eigenvalue weighted by atomic mass is 9.96. The molecule has 0 aliphatic heterocycles. The zero-order valence-electron chi connectivity index (χ0n) is 20.0. The van der Waals surface area contributed by atoms with Gasteiger partial charge in [0.1, 0.15) is 5.69 Å². The van der Waals surface area contributed by atoms with E-state index < -0.39 is 0 Å². The van der Waals surface area contributed by atoms with Gasteiger partial charge < -0.3 is 0 Å². The van der Waals surface area contributed by atoms with Crippen molar-refractivity contribution in [1.82, 2.24) is 15.2 Å². The molecule has 2 aromatic heterocycles. The van der Waals surface area contributed by atoms with Gasteiger partial charge in [-0.3, -0.25) is 4.98 Å². The zero-order chi connectivity index (χ0) is 22.9. The molecule has 0 aliphatic carbocycles. The van der Waals surface area contributed by atoms with E-state index in [0.29, 0.717) is 0 Å². The maximum absolute atomic E-state index is 4.72. The number of hydrogen-bond donors (Lipinski definition) is 0. The topological polar surface area (TPSA) is 38.7 Å².